The summed E-state index contributed by atoms with van der Waals surface area (Å²) in [6, 6.07) is 0. The molecule has 1 fully saturated rings. The van der Waals surface area contributed by atoms with Crippen LogP contribution in [0.1, 0.15) is 30.6 Å². The Hall–Kier alpha value is -2.68. The number of hydrogen-bond donors (Lipinski definition) is 3. The number of hydrogen-bond acceptors (Lipinski definition) is 5. The number of aromatic nitrogens is 1. The molecule has 0 spiro atoms. The van der Waals surface area contributed by atoms with Gasteiger partial charge in [-0.2, -0.15) is 0 Å². The number of nitrogen functional groups attached to an aromatic ring is 1. The monoisotopic (exact) mass is 394 g/mol. The lowest BCUT2D eigenvalue weighted by atomic mass is 10.1. The summed E-state index contributed by atoms with van der Waals surface area (Å²) in [6.45, 7) is 6.37. The van der Waals surface area contributed by atoms with Crippen LogP contribution in [0.5, 0.6) is 0 Å². The van der Waals surface area contributed by atoms with Crippen molar-refractivity contribution < 1.29 is 18.7 Å². The average molecular weight is 394 g/mol. The zero-order valence-corrected chi connectivity index (χ0v) is 15.9. The molecule has 1 aromatic carbocycles. The zero-order chi connectivity index (χ0) is 20.6. The van der Waals surface area contributed by atoms with Crippen LogP contribution in [0.2, 0.25) is 0 Å². The minimum Gasteiger partial charge on any atom is -0.477 e. The first-order valence-corrected chi connectivity index (χ1v) is 9.34. The molecule has 1 aliphatic rings. The first kappa shape index (κ1) is 20.1. The molecule has 2 aromatic rings. The largest absolute Gasteiger partial charge is 0.477 e. The van der Waals surface area contributed by atoms with E-state index in [0.717, 1.165) is 25.7 Å². The van der Waals surface area contributed by atoms with Crippen LogP contribution in [0.25, 0.3) is 10.9 Å². The number of pyridine rings is 1. The summed E-state index contributed by atoms with van der Waals surface area (Å²) in [5, 5.41) is 12.1. The minimum absolute atomic E-state index is 0.165. The highest BCUT2D eigenvalue weighted by Gasteiger charge is 2.31. The maximum absolute atomic E-state index is 15.4. The zero-order valence-electron chi connectivity index (χ0n) is 15.9. The van der Waals surface area contributed by atoms with Crippen LogP contribution >= 0.6 is 0 Å². The fraction of sp³-hybridized carbons (Fsp3) is 0.474. The summed E-state index contributed by atoms with van der Waals surface area (Å²) < 4.78 is 31.8. The van der Waals surface area contributed by atoms with E-state index in [1.54, 1.807) is 11.8 Å². The third kappa shape index (κ3) is 3.19. The molecule has 3 rings (SSSR count). The first-order chi connectivity index (χ1) is 13.3. The van der Waals surface area contributed by atoms with E-state index in [9.17, 15) is 14.7 Å². The lowest BCUT2D eigenvalue weighted by Gasteiger charge is -2.23. The van der Waals surface area contributed by atoms with Crippen molar-refractivity contribution >= 4 is 28.2 Å². The molecule has 1 unspecified atom stereocenters. The van der Waals surface area contributed by atoms with Crippen molar-refractivity contribution in [3.63, 3.8) is 0 Å². The van der Waals surface area contributed by atoms with Crippen LogP contribution < -0.4 is 21.4 Å². The minimum atomic E-state index is -1.47. The molecule has 0 amide bonds. The Balaban J connectivity index is 2.21. The summed E-state index contributed by atoms with van der Waals surface area (Å²) in [5.74, 6) is -3.12. The van der Waals surface area contributed by atoms with E-state index in [-0.39, 0.29) is 23.7 Å². The van der Waals surface area contributed by atoms with Crippen LogP contribution in [0.3, 0.4) is 0 Å². The van der Waals surface area contributed by atoms with Gasteiger partial charge in [-0.15, -0.1) is 0 Å². The van der Waals surface area contributed by atoms with E-state index in [1.807, 2.05) is 6.92 Å². The second kappa shape index (κ2) is 7.75. The number of carboxylic acid groups (broad SMARTS) is 1. The van der Waals surface area contributed by atoms with Gasteiger partial charge in [-0.05, 0) is 32.4 Å². The van der Waals surface area contributed by atoms with E-state index >= 15 is 8.78 Å². The van der Waals surface area contributed by atoms with Gasteiger partial charge in [0.25, 0.3) is 0 Å². The fourth-order valence-electron chi connectivity index (χ4n) is 3.83. The van der Waals surface area contributed by atoms with Crippen molar-refractivity contribution in [3.05, 3.63) is 33.6 Å². The van der Waals surface area contributed by atoms with Gasteiger partial charge in [-0.1, -0.05) is 6.92 Å². The summed E-state index contributed by atoms with van der Waals surface area (Å²) in [5.41, 5.74) is 3.38. The predicted molar refractivity (Wildman–Crippen MR) is 104 cm³/mol. The molecule has 0 bridgehead atoms. The van der Waals surface area contributed by atoms with Crippen molar-refractivity contribution in [3.8, 4) is 0 Å². The number of carbonyl (C=O) groups is 1. The highest BCUT2D eigenvalue weighted by molar-refractivity contribution is 5.99. The number of nitrogens with two attached hydrogens (primary N) is 1. The first-order valence-electron chi connectivity index (χ1n) is 9.34. The van der Waals surface area contributed by atoms with E-state index < -0.39 is 39.7 Å². The number of nitrogens with zero attached hydrogens (tertiary/aromatic N) is 2. The quantitative estimate of drug-likeness (QED) is 0.648. The fourth-order valence-corrected chi connectivity index (χ4v) is 3.83. The molecule has 28 heavy (non-hydrogen) atoms. The van der Waals surface area contributed by atoms with Crippen LogP contribution in [0, 0.1) is 17.6 Å². The number of aryl methyl sites for hydroxylation is 1. The van der Waals surface area contributed by atoms with Crippen LogP contribution in [-0.4, -0.2) is 41.8 Å². The van der Waals surface area contributed by atoms with Gasteiger partial charge < -0.3 is 25.6 Å². The molecule has 7 nitrogen and oxygen atoms in total. The van der Waals surface area contributed by atoms with Gasteiger partial charge in [-0.3, -0.25) is 4.79 Å². The van der Waals surface area contributed by atoms with Crippen molar-refractivity contribution in [2.75, 3.05) is 36.8 Å². The molecule has 0 saturated carbocycles. The van der Waals surface area contributed by atoms with Crippen LogP contribution in [0.4, 0.5) is 20.2 Å². The SMILES string of the molecule is CCNCC1CCN(c2c(F)c(N)c3c(=O)c(C(=O)O)cn(CC)c3c2F)C1. The molecular weight excluding hydrogens is 370 g/mol. The van der Waals surface area contributed by atoms with Gasteiger partial charge in [0.2, 0.25) is 5.43 Å². The molecule has 2 heterocycles. The van der Waals surface area contributed by atoms with Gasteiger partial charge in [0.05, 0.1) is 16.6 Å². The second-order valence-corrected chi connectivity index (χ2v) is 6.99. The number of aromatic carboxylic acids is 1. The Morgan fingerprint density at radius 2 is 2.07 bits per heavy atom. The molecule has 152 valence electrons. The third-order valence-corrected chi connectivity index (χ3v) is 5.27. The lowest BCUT2D eigenvalue weighted by molar-refractivity contribution is 0.0695. The highest BCUT2D eigenvalue weighted by Crippen LogP contribution is 2.37. The number of nitrogens with one attached hydrogen (secondary N) is 1. The Kier molecular flexibility index (Phi) is 5.55. The molecule has 1 aliphatic heterocycles. The normalized spacial score (nSPS) is 16.9. The summed E-state index contributed by atoms with van der Waals surface area (Å²) in [6.07, 6.45) is 1.86. The van der Waals surface area contributed by atoms with E-state index in [0.29, 0.717) is 13.1 Å². The molecule has 0 radical (unpaired) electrons. The van der Waals surface area contributed by atoms with Gasteiger partial charge >= 0.3 is 5.97 Å². The number of fused-ring (bicyclic) bond motifs is 1. The van der Waals surface area contributed by atoms with Gasteiger partial charge in [0.1, 0.15) is 11.3 Å². The smallest absolute Gasteiger partial charge is 0.341 e. The molecular formula is C19H24F2N4O3. The van der Waals surface area contributed by atoms with E-state index in [4.69, 9.17) is 5.73 Å². The summed E-state index contributed by atoms with van der Waals surface area (Å²) in [4.78, 5) is 25.5. The van der Waals surface area contributed by atoms with Gasteiger partial charge in [0, 0.05) is 25.8 Å². The highest BCUT2D eigenvalue weighted by atomic mass is 19.1. The molecule has 0 aliphatic carbocycles. The van der Waals surface area contributed by atoms with E-state index in [1.165, 1.54) is 4.57 Å². The Labute approximate surface area is 160 Å². The Morgan fingerprint density at radius 3 is 2.68 bits per heavy atom. The predicted octanol–water partition coefficient (Wildman–Crippen LogP) is 2.02. The number of carboxylic acids is 1. The lowest BCUT2D eigenvalue weighted by Crippen LogP contribution is -2.28. The van der Waals surface area contributed by atoms with Crippen LogP contribution in [-0.2, 0) is 6.54 Å². The van der Waals surface area contributed by atoms with Crippen molar-refractivity contribution in [2.45, 2.75) is 26.8 Å². The second-order valence-electron chi connectivity index (χ2n) is 6.99. The topological polar surface area (TPSA) is 101 Å². The summed E-state index contributed by atoms with van der Waals surface area (Å²) >= 11 is 0. The summed E-state index contributed by atoms with van der Waals surface area (Å²) in [7, 11) is 0. The van der Waals surface area contributed by atoms with Gasteiger partial charge in [0.15, 0.2) is 11.6 Å². The Morgan fingerprint density at radius 1 is 1.36 bits per heavy atom. The number of anilines is 2. The maximum Gasteiger partial charge on any atom is 0.341 e. The number of benzene rings is 1. The maximum atomic E-state index is 15.4. The molecule has 4 N–H and O–H groups in total. The number of halogens is 2. The van der Waals surface area contributed by atoms with Crippen molar-refractivity contribution in [1.29, 1.82) is 0 Å². The molecule has 1 saturated heterocycles. The number of rotatable bonds is 6. The molecule has 9 heteroatoms. The van der Waals surface area contributed by atoms with Crippen molar-refractivity contribution in [2.24, 2.45) is 5.92 Å². The van der Waals surface area contributed by atoms with Crippen LogP contribution in [0.15, 0.2) is 11.0 Å². The average Bonchev–Trinajstić information content (AvgIpc) is 3.12. The molecule has 1 aromatic heterocycles. The standard InChI is InChI=1S/C19H24F2N4O3/c1-3-23-7-10-5-6-25(8-10)17-13(20)15(22)12-16(14(17)21)24(4-2)9-11(18(12)26)19(27)28/h9-10,23H,3-8,22H2,1-2H3,(H,27,28). The third-order valence-electron chi connectivity index (χ3n) is 5.27. The molecule has 1 atom stereocenters. The van der Waals surface area contributed by atoms with Crippen molar-refractivity contribution in [1.82, 2.24) is 9.88 Å². The Bertz CT molecular complexity index is 990. The van der Waals surface area contributed by atoms with Gasteiger partial charge in [-0.25, -0.2) is 13.6 Å². The van der Waals surface area contributed by atoms with E-state index in [2.05, 4.69) is 5.32 Å².